The van der Waals surface area contributed by atoms with E-state index in [1.54, 1.807) is 16.8 Å². The Bertz CT molecular complexity index is 1130. The molecule has 0 aliphatic carbocycles. The smallest absolute Gasteiger partial charge is 0.261 e. The van der Waals surface area contributed by atoms with E-state index >= 15 is 0 Å². The number of nitrogens with one attached hydrogen (secondary N) is 1. The van der Waals surface area contributed by atoms with Crippen molar-refractivity contribution in [3.63, 3.8) is 0 Å². The maximum Gasteiger partial charge on any atom is 0.261 e. The first-order valence-electron chi connectivity index (χ1n) is 8.89. The van der Waals surface area contributed by atoms with Crippen molar-refractivity contribution in [1.29, 1.82) is 0 Å². The molecular weight excluding hydrogens is 355 g/mol. The average molecular weight is 374 g/mol. The van der Waals surface area contributed by atoms with Gasteiger partial charge in [-0.2, -0.15) is 5.10 Å². The monoisotopic (exact) mass is 374 g/mol. The Hall–Kier alpha value is -3.67. The summed E-state index contributed by atoms with van der Waals surface area (Å²) in [6.07, 6.45) is 5.20. The highest BCUT2D eigenvalue weighted by molar-refractivity contribution is 6.06. The molecule has 1 N–H and O–H groups in total. The minimum absolute atomic E-state index is 0.259. The summed E-state index contributed by atoms with van der Waals surface area (Å²) in [5.74, 6) is -0.00325. The zero-order chi connectivity index (χ0) is 19.7. The molecule has 28 heavy (non-hydrogen) atoms. The van der Waals surface area contributed by atoms with Crippen LogP contribution in [0.15, 0.2) is 73.2 Å². The van der Waals surface area contributed by atoms with Crippen molar-refractivity contribution < 1.29 is 9.18 Å². The van der Waals surface area contributed by atoms with Gasteiger partial charge in [0.1, 0.15) is 11.4 Å². The molecule has 0 unspecified atom stereocenters. The van der Waals surface area contributed by atoms with Gasteiger partial charge < -0.3 is 9.88 Å². The van der Waals surface area contributed by atoms with Crippen LogP contribution in [-0.2, 0) is 0 Å². The van der Waals surface area contributed by atoms with Crippen molar-refractivity contribution >= 4 is 11.6 Å². The summed E-state index contributed by atoms with van der Waals surface area (Å²) in [4.78, 5) is 13.1. The first-order chi connectivity index (χ1) is 13.5. The summed E-state index contributed by atoms with van der Waals surface area (Å²) in [5, 5.41) is 7.37. The fraction of sp³-hybridized carbons (Fsp3) is 0.0909. The molecule has 2 aromatic heterocycles. The average Bonchev–Trinajstić information content (AvgIpc) is 3.34. The Kier molecular flexibility index (Phi) is 4.53. The van der Waals surface area contributed by atoms with Gasteiger partial charge in [-0.05, 0) is 67.4 Å². The molecular formula is C22H19FN4O. The quantitative estimate of drug-likeness (QED) is 0.564. The Morgan fingerprint density at radius 3 is 2.46 bits per heavy atom. The van der Waals surface area contributed by atoms with Crippen molar-refractivity contribution in [2.45, 2.75) is 13.8 Å². The molecule has 2 heterocycles. The molecule has 0 bridgehead atoms. The van der Waals surface area contributed by atoms with Crippen LogP contribution in [0.2, 0.25) is 0 Å². The molecule has 0 atom stereocenters. The van der Waals surface area contributed by atoms with Crippen molar-refractivity contribution in [2.24, 2.45) is 0 Å². The van der Waals surface area contributed by atoms with Crippen LogP contribution in [0.4, 0.5) is 10.1 Å². The molecule has 0 spiro atoms. The zero-order valence-electron chi connectivity index (χ0n) is 15.6. The van der Waals surface area contributed by atoms with E-state index in [4.69, 9.17) is 0 Å². The van der Waals surface area contributed by atoms with Crippen LogP contribution in [0.1, 0.15) is 21.5 Å². The lowest BCUT2D eigenvalue weighted by Crippen LogP contribution is -2.16. The molecule has 140 valence electrons. The van der Waals surface area contributed by atoms with E-state index in [0.717, 1.165) is 16.8 Å². The van der Waals surface area contributed by atoms with Gasteiger partial charge in [0, 0.05) is 18.1 Å². The number of hydrogen-bond donors (Lipinski definition) is 1. The standard InChI is InChI=1S/C22H19FN4O/c1-15-5-6-16(2)20(13-15)25-21(28)19-14-24-27(18-9-7-17(23)8-10-18)22(19)26-11-3-4-12-26/h3-14H,1-2H3,(H,25,28). The molecule has 0 radical (unpaired) electrons. The van der Waals surface area contributed by atoms with E-state index in [9.17, 15) is 9.18 Å². The maximum atomic E-state index is 13.3. The van der Waals surface area contributed by atoms with Gasteiger partial charge in [-0.25, -0.2) is 9.07 Å². The number of carbonyl (C=O) groups excluding carboxylic acids is 1. The van der Waals surface area contributed by atoms with Crippen LogP contribution >= 0.6 is 0 Å². The third-order valence-electron chi connectivity index (χ3n) is 4.55. The summed E-state index contributed by atoms with van der Waals surface area (Å²) in [7, 11) is 0. The van der Waals surface area contributed by atoms with Gasteiger partial charge in [0.25, 0.3) is 5.91 Å². The SMILES string of the molecule is Cc1ccc(C)c(NC(=O)c2cnn(-c3ccc(F)cc3)c2-n2cccc2)c1. The number of halogens is 1. The molecule has 0 aliphatic heterocycles. The molecule has 0 fully saturated rings. The van der Waals surface area contributed by atoms with Gasteiger partial charge in [0.2, 0.25) is 0 Å². The molecule has 1 amide bonds. The summed E-state index contributed by atoms with van der Waals surface area (Å²) in [5.41, 5.74) is 3.89. The first-order valence-corrected chi connectivity index (χ1v) is 8.89. The van der Waals surface area contributed by atoms with Crippen molar-refractivity contribution in [2.75, 3.05) is 5.32 Å². The van der Waals surface area contributed by atoms with Crippen LogP contribution in [0, 0.1) is 19.7 Å². The Balaban J connectivity index is 1.78. The number of hydrogen-bond acceptors (Lipinski definition) is 2. The second-order valence-corrected chi connectivity index (χ2v) is 6.63. The fourth-order valence-electron chi connectivity index (χ4n) is 3.06. The topological polar surface area (TPSA) is 51.9 Å². The van der Waals surface area contributed by atoms with Crippen LogP contribution in [0.3, 0.4) is 0 Å². The number of aromatic nitrogens is 3. The van der Waals surface area contributed by atoms with Crippen molar-refractivity contribution in [1.82, 2.24) is 14.3 Å². The van der Waals surface area contributed by atoms with Crippen LogP contribution in [-0.4, -0.2) is 20.3 Å². The van der Waals surface area contributed by atoms with Crippen LogP contribution in [0.25, 0.3) is 11.5 Å². The summed E-state index contributed by atoms with van der Waals surface area (Å²) < 4.78 is 16.8. The summed E-state index contributed by atoms with van der Waals surface area (Å²) >= 11 is 0. The number of nitrogens with zero attached hydrogens (tertiary/aromatic N) is 3. The molecule has 2 aromatic carbocycles. The van der Waals surface area contributed by atoms with Gasteiger partial charge in [-0.15, -0.1) is 0 Å². The number of anilines is 1. The lowest BCUT2D eigenvalue weighted by Gasteiger charge is -2.12. The Morgan fingerprint density at radius 1 is 1.04 bits per heavy atom. The van der Waals surface area contributed by atoms with Gasteiger partial charge in [0.05, 0.1) is 11.9 Å². The second-order valence-electron chi connectivity index (χ2n) is 6.63. The highest BCUT2D eigenvalue weighted by Gasteiger charge is 2.20. The van der Waals surface area contributed by atoms with E-state index in [1.165, 1.54) is 18.3 Å². The summed E-state index contributed by atoms with van der Waals surface area (Å²) in [6.45, 7) is 3.93. The van der Waals surface area contributed by atoms with Crippen LogP contribution in [0.5, 0.6) is 0 Å². The lowest BCUT2D eigenvalue weighted by molar-refractivity contribution is 0.102. The first kappa shape index (κ1) is 17.7. The summed E-state index contributed by atoms with van der Waals surface area (Å²) in [6, 6.07) is 15.6. The van der Waals surface area contributed by atoms with E-state index in [-0.39, 0.29) is 11.7 Å². The molecule has 5 nitrogen and oxygen atoms in total. The lowest BCUT2D eigenvalue weighted by atomic mass is 10.1. The number of aryl methyl sites for hydroxylation is 2. The van der Waals surface area contributed by atoms with E-state index in [0.29, 0.717) is 17.1 Å². The molecule has 6 heteroatoms. The number of benzene rings is 2. The van der Waals surface area contributed by atoms with Crippen molar-refractivity contribution in [3.8, 4) is 11.5 Å². The Morgan fingerprint density at radius 2 is 1.75 bits per heavy atom. The van der Waals surface area contributed by atoms with E-state index < -0.39 is 0 Å². The molecule has 0 aliphatic rings. The van der Waals surface area contributed by atoms with Crippen LogP contribution < -0.4 is 5.32 Å². The van der Waals surface area contributed by atoms with E-state index in [2.05, 4.69) is 10.4 Å². The van der Waals surface area contributed by atoms with Gasteiger partial charge in [-0.1, -0.05) is 12.1 Å². The Labute approximate surface area is 162 Å². The van der Waals surface area contributed by atoms with Gasteiger partial charge >= 0.3 is 0 Å². The van der Waals surface area contributed by atoms with Crippen molar-refractivity contribution in [3.05, 3.63) is 95.7 Å². The van der Waals surface area contributed by atoms with Gasteiger partial charge in [0.15, 0.2) is 5.82 Å². The number of amides is 1. The zero-order valence-corrected chi connectivity index (χ0v) is 15.6. The second kappa shape index (κ2) is 7.15. The third kappa shape index (κ3) is 3.32. The minimum atomic E-state index is -0.327. The molecule has 0 saturated heterocycles. The maximum absolute atomic E-state index is 13.3. The largest absolute Gasteiger partial charge is 0.322 e. The highest BCUT2D eigenvalue weighted by atomic mass is 19.1. The number of rotatable bonds is 4. The molecule has 0 saturated carbocycles. The molecule has 4 aromatic rings. The minimum Gasteiger partial charge on any atom is -0.322 e. The fourth-order valence-corrected chi connectivity index (χ4v) is 3.06. The number of carbonyl (C=O) groups is 1. The third-order valence-corrected chi connectivity index (χ3v) is 4.55. The van der Waals surface area contributed by atoms with Gasteiger partial charge in [-0.3, -0.25) is 4.79 Å². The molecule has 4 rings (SSSR count). The predicted octanol–water partition coefficient (Wildman–Crippen LogP) is 4.67. The predicted molar refractivity (Wildman–Crippen MR) is 107 cm³/mol. The highest BCUT2D eigenvalue weighted by Crippen LogP contribution is 2.23. The van der Waals surface area contributed by atoms with E-state index in [1.807, 2.05) is 61.1 Å². The normalized spacial score (nSPS) is 10.8.